The van der Waals surface area contributed by atoms with Crippen LogP contribution >= 0.6 is 0 Å². The van der Waals surface area contributed by atoms with Crippen LogP contribution in [0, 0.1) is 6.92 Å². The highest BCUT2D eigenvalue weighted by atomic mass is 16.6. The third-order valence-corrected chi connectivity index (χ3v) is 2.33. The molecule has 2 aromatic carbocycles. The summed E-state index contributed by atoms with van der Waals surface area (Å²) in [5.74, 6) is 0.835. The Bertz CT molecular complexity index is 422. The molecule has 0 atom stereocenters. The van der Waals surface area contributed by atoms with Gasteiger partial charge in [0, 0.05) is 0 Å². The summed E-state index contributed by atoms with van der Waals surface area (Å²) in [6.45, 7) is 2.76. The molecule has 16 heavy (non-hydrogen) atoms. The Morgan fingerprint density at radius 3 is 2.31 bits per heavy atom. The first kappa shape index (κ1) is 10.7. The lowest BCUT2D eigenvalue weighted by Crippen LogP contribution is -2.17. The molecule has 0 saturated carbocycles. The Morgan fingerprint density at radius 1 is 0.938 bits per heavy atom. The van der Waals surface area contributed by atoms with Gasteiger partial charge in [-0.1, -0.05) is 48.0 Å². The van der Waals surface area contributed by atoms with Crippen LogP contribution in [0.3, 0.4) is 0 Å². The largest absolute Gasteiger partial charge is 0.408 e. The predicted octanol–water partition coefficient (Wildman–Crippen LogP) is 3.08. The first-order chi connectivity index (χ1) is 7.84. The maximum absolute atomic E-state index is 5.41. The van der Waals surface area contributed by atoms with Gasteiger partial charge in [-0.2, -0.15) is 5.48 Å². The highest BCUT2D eigenvalue weighted by Gasteiger charge is 1.93. The number of hydrogen-bond donors (Lipinski definition) is 1. The molecule has 0 aromatic heterocycles. The lowest BCUT2D eigenvalue weighted by molar-refractivity contribution is 0.190. The average molecular weight is 213 g/mol. The Hall–Kier alpha value is -1.80. The zero-order valence-electron chi connectivity index (χ0n) is 9.31. The third-order valence-electron chi connectivity index (χ3n) is 2.33. The standard InChI is InChI=1S/C14H15NO/c1-12-7-9-14(10-8-12)16-15-11-13-5-3-2-4-6-13/h2-10,15H,11H2,1H3. The molecule has 0 aliphatic carbocycles. The first-order valence-electron chi connectivity index (χ1n) is 5.35. The van der Waals surface area contributed by atoms with Gasteiger partial charge in [-0.15, -0.1) is 0 Å². The molecule has 2 rings (SSSR count). The van der Waals surface area contributed by atoms with Gasteiger partial charge in [0.2, 0.25) is 0 Å². The van der Waals surface area contributed by atoms with Gasteiger partial charge >= 0.3 is 0 Å². The van der Waals surface area contributed by atoms with E-state index in [-0.39, 0.29) is 0 Å². The van der Waals surface area contributed by atoms with Crippen molar-refractivity contribution in [3.8, 4) is 5.75 Å². The van der Waals surface area contributed by atoms with Crippen molar-refractivity contribution in [3.05, 3.63) is 65.7 Å². The summed E-state index contributed by atoms with van der Waals surface area (Å²) in [5, 5.41) is 0. The smallest absolute Gasteiger partial charge is 0.147 e. The molecule has 0 spiro atoms. The van der Waals surface area contributed by atoms with Gasteiger partial charge < -0.3 is 4.84 Å². The van der Waals surface area contributed by atoms with Crippen molar-refractivity contribution in [1.82, 2.24) is 5.48 Å². The first-order valence-corrected chi connectivity index (χ1v) is 5.35. The second kappa shape index (κ2) is 5.33. The molecule has 0 bridgehead atoms. The summed E-state index contributed by atoms with van der Waals surface area (Å²) < 4.78 is 0. The van der Waals surface area contributed by atoms with E-state index in [2.05, 4.69) is 24.5 Å². The molecule has 82 valence electrons. The van der Waals surface area contributed by atoms with Crippen molar-refractivity contribution >= 4 is 0 Å². The summed E-state index contributed by atoms with van der Waals surface area (Å²) >= 11 is 0. The molecule has 0 radical (unpaired) electrons. The molecule has 0 heterocycles. The molecule has 2 heteroatoms. The predicted molar refractivity (Wildman–Crippen MR) is 65.1 cm³/mol. The molecular formula is C14H15NO. The topological polar surface area (TPSA) is 21.3 Å². The fourth-order valence-corrected chi connectivity index (χ4v) is 1.40. The minimum absolute atomic E-state index is 0.703. The normalized spacial score (nSPS) is 10.1. The van der Waals surface area contributed by atoms with Crippen LogP contribution in [0.5, 0.6) is 5.75 Å². The summed E-state index contributed by atoms with van der Waals surface area (Å²) in [6, 6.07) is 18.1. The Balaban J connectivity index is 1.82. The average Bonchev–Trinajstić information content (AvgIpc) is 2.33. The van der Waals surface area contributed by atoms with Crippen LogP contribution in [0.2, 0.25) is 0 Å². The van der Waals surface area contributed by atoms with Gasteiger partial charge in [-0.25, -0.2) is 0 Å². The molecular weight excluding hydrogens is 198 g/mol. The SMILES string of the molecule is Cc1ccc(ONCc2ccccc2)cc1. The third kappa shape index (κ3) is 3.11. The maximum Gasteiger partial charge on any atom is 0.147 e. The Morgan fingerprint density at radius 2 is 1.62 bits per heavy atom. The van der Waals surface area contributed by atoms with E-state index in [0.29, 0.717) is 6.54 Å². The molecule has 2 nitrogen and oxygen atoms in total. The second-order valence-corrected chi connectivity index (χ2v) is 3.72. The molecule has 0 aliphatic rings. The number of nitrogens with one attached hydrogen (secondary N) is 1. The molecule has 0 unspecified atom stereocenters. The summed E-state index contributed by atoms with van der Waals surface area (Å²) in [4.78, 5) is 5.41. The van der Waals surface area contributed by atoms with Crippen molar-refractivity contribution in [2.75, 3.05) is 0 Å². The van der Waals surface area contributed by atoms with Gasteiger partial charge in [-0.3, -0.25) is 0 Å². The lowest BCUT2D eigenvalue weighted by Gasteiger charge is -2.07. The highest BCUT2D eigenvalue weighted by molar-refractivity contribution is 5.26. The van der Waals surface area contributed by atoms with Crippen molar-refractivity contribution < 1.29 is 4.84 Å². The van der Waals surface area contributed by atoms with E-state index in [1.807, 2.05) is 42.5 Å². The van der Waals surface area contributed by atoms with Crippen molar-refractivity contribution in [1.29, 1.82) is 0 Å². The fraction of sp³-hybridized carbons (Fsp3) is 0.143. The number of hydrogen-bond acceptors (Lipinski definition) is 2. The van der Waals surface area contributed by atoms with Crippen LogP contribution in [0.25, 0.3) is 0 Å². The van der Waals surface area contributed by atoms with Crippen molar-refractivity contribution in [2.45, 2.75) is 13.5 Å². The minimum atomic E-state index is 0.703. The van der Waals surface area contributed by atoms with E-state index in [1.54, 1.807) is 0 Å². The van der Waals surface area contributed by atoms with E-state index < -0.39 is 0 Å². The molecule has 0 saturated heterocycles. The zero-order chi connectivity index (χ0) is 11.2. The summed E-state index contributed by atoms with van der Waals surface area (Å²) in [7, 11) is 0. The molecule has 2 aromatic rings. The number of hydroxylamine groups is 1. The van der Waals surface area contributed by atoms with E-state index in [1.165, 1.54) is 11.1 Å². The van der Waals surface area contributed by atoms with Crippen LogP contribution in [-0.4, -0.2) is 0 Å². The number of aryl methyl sites for hydroxylation is 1. The van der Waals surface area contributed by atoms with Crippen LogP contribution in [0.4, 0.5) is 0 Å². The maximum atomic E-state index is 5.41. The van der Waals surface area contributed by atoms with Gasteiger partial charge in [0.05, 0.1) is 6.54 Å². The Labute approximate surface area is 95.8 Å². The van der Waals surface area contributed by atoms with Gasteiger partial charge in [0.1, 0.15) is 5.75 Å². The fourth-order valence-electron chi connectivity index (χ4n) is 1.40. The van der Waals surface area contributed by atoms with Crippen LogP contribution < -0.4 is 10.3 Å². The van der Waals surface area contributed by atoms with Gasteiger partial charge in [-0.05, 0) is 24.6 Å². The van der Waals surface area contributed by atoms with Gasteiger partial charge in [0.15, 0.2) is 0 Å². The van der Waals surface area contributed by atoms with Crippen molar-refractivity contribution in [3.63, 3.8) is 0 Å². The molecule has 1 N–H and O–H groups in total. The molecule has 0 amide bonds. The van der Waals surface area contributed by atoms with Crippen LogP contribution in [0.1, 0.15) is 11.1 Å². The minimum Gasteiger partial charge on any atom is -0.408 e. The van der Waals surface area contributed by atoms with E-state index >= 15 is 0 Å². The molecule has 0 aliphatic heterocycles. The summed E-state index contributed by atoms with van der Waals surface area (Å²) in [6.07, 6.45) is 0. The summed E-state index contributed by atoms with van der Waals surface area (Å²) in [5.41, 5.74) is 5.37. The Kier molecular flexibility index (Phi) is 3.57. The lowest BCUT2D eigenvalue weighted by atomic mass is 10.2. The van der Waals surface area contributed by atoms with E-state index in [9.17, 15) is 0 Å². The second-order valence-electron chi connectivity index (χ2n) is 3.72. The van der Waals surface area contributed by atoms with Crippen LogP contribution in [-0.2, 0) is 6.54 Å². The molecule has 0 fully saturated rings. The van der Waals surface area contributed by atoms with Crippen molar-refractivity contribution in [2.24, 2.45) is 0 Å². The number of rotatable bonds is 4. The van der Waals surface area contributed by atoms with E-state index in [0.717, 1.165) is 5.75 Å². The highest BCUT2D eigenvalue weighted by Crippen LogP contribution is 2.10. The quantitative estimate of drug-likeness (QED) is 0.788. The monoisotopic (exact) mass is 213 g/mol. The van der Waals surface area contributed by atoms with Crippen LogP contribution in [0.15, 0.2) is 54.6 Å². The van der Waals surface area contributed by atoms with E-state index in [4.69, 9.17) is 4.84 Å². The van der Waals surface area contributed by atoms with Gasteiger partial charge in [0.25, 0.3) is 0 Å². The number of benzene rings is 2. The zero-order valence-corrected chi connectivity index (χ0v) is 9.31.